The van der Waals surface area contributed by atoms with Crippen LogP contribution in [0.2, 0.25) is 0 Å². The number of fused-ring (bicyclic) bond motifs is 1. The Labute approximate surface area is 117 Å². The molecule has 0 fully saturated rings. The first kappa shape index (κ1) is 12.5. The Kier molecular flexibility index (Phi) is 3.06. The zero-order valence-corrected chi connectivity index (χ0v) is 11.6. The summed E-state index contributed by atoms with van der Waals surface area (Å²) in [5.74, 6) is 1.39. The molecule has 4 heteroatoms. The van der Waals surface area contributed by atoms with Crippen LogP contribution in [0, 0.1) is 6.92 Å². The van der Waals surface area contributed by atoms with E-state index in [1.807, 2.05) is 41.0 Å². The predicted molar refractivity (Wildman–Crippen MR) is 81.0 cm³/mol. The fourth-order valence-corrected chi connectivity index (χ4v) is 2.42. The van der Waals surface area contributed by atoms with Gasteiger partial charge in [0.2, 0.25) is 5.95 Å². The van der Waals surface area contributed by atoms with Crippen LogP contribution >= 0.6 is 0 Å². The topological polar surface area (TPSA) is 53.1 Å². The van der Waals surface area contributed by atoms with Crippen LogP contribution in [0.5, 0.6) is 5.75 Å². The van der Waals surface area contributed by atoms with E-state index >= 15 is 0 Å². The number of aryl methyl sites for hydroxylation is 1. The van der Waals surface area contributed by atoms with Crippen molar-refractivity contribution in [3.8, 4) is 5.75 Å². The largest absolute Gasteiger partial charge is 0.496 e. The lowest BCUT2D eigenvalue weighted by atomic mass is 10.2. The number of nitrogen functional groups attached to an aromatic ring is 1. The van der Waals surface area contributed by atoms with Gasteiger partial charge in [-0.1, -0.05) is 24.3 Å². The molecule has 102 valence electrons. The van der Waals surface area contributed by atoms with Gasteiger partial charge >= 0.3 is 0 Å². The van der Waals surface area contributed by atoms with Crippen LogP contribution in [0.15, 0.2) is 42.5 Å². The highest BCUT2D eigenvalue weighted by molar-refractivity contribution is 5.79. The van der Waals surface area contributed by atoms with E-state index in [0.29, 0.717) is 12.5 Å². The third-order valence-corrected chi connectivity index (χ3v) is 3.45. The first-order valence-corrected chi connectivity index (χ1v) is 6.53. The van der Waals surface area contributed by atoms with Gasteiger partial charge in [-0.2, -0.15) is 0 Å². The monoisotopic (exact) mass is 267 g/mol. The lowest BCUT2D eigenvalue weighted by Gasteiger charge is -2.11. The molecule has 4 nitrogen and oxygen atoms in total. The summed E-state index contributed by atoms with van der Waals surface area (Å²) in [7, 11) is 1.68. The highest BCUT2D eigenvalue weighted by Crippen LogP contribution is 2.24. The van der Waals surface area contributed by atoms with Crippen LogP contribution < -0.4 is 10.5 Å². The Balaban J connectivity index is 2.10. The van der Waals surface area contributed by atoms with Crippen LogP contribution in [0.3, 0.4) is 0 Å². The quantitative estimate of drug-likeness (QED) is 0.793. The second-order valence-electron chi connectivity index (χ2n) is 4.86. The van der Waals surface area contributed by atoms with Crippen molar-refractivity contribution < 1.29 is 4.74 Å². The van der Waals surface area contributed by atoms with Gasteiger partial charge < -0.3 is 15.0 Å². The molecule has 0 saturated heterocycles. The van der Waals surface area contributed by atoms with E-state index in [1.54, 1.807) is 7.11 Å². The smallest absolute Gasteiger partial charge is 0.201 e. The number of hydrogen-bond donors (Lipinski definition) is 1. The fraction of sp³-hybridized carbons (Fsp3) is 0.188. The molecule has 2 N–H and O–H groups in total. The summed E-state index contributed by atoms with van der Waals surface area (Å²) in [6, 6.07) is 14.1. The molecule has 0 atom stereocenters. The van der Waals surface area contributed by atoms with Gasteiger partial charge in [-0.05, 0) is 30.7 Å². The number of para-hydroxylation sites is 1. The Morgan fingerprint density at radius 3 is 2.80 bits per heavy atom. The van der Waals surface area contributed by atoms with Gasteiger partial charge in [0.25, 0.3) is 0 Å². The summed E-state index contributed by atoms with van der Waals surface area (Å²) in [5.41, 5.74) is 10.3. The minimum atomic E-state index is 0.525. The van der Waals surface area contributed by atoms with Crippen molar-refractivity contribution >= 4 is 17.0 Å². The van der Waals surface area contributed by atoms with Gasteiger partial charge in [-0.25, -0.2) is 4.98 Å². The SMILES string of the molecule is COc1ccccc1Cn1c(N)nc2ccc(C)cc21. The van der Waals surface area contributed by atoms with Crippen molar-refractivity contribution in [2.45, 2.75) is 13.5 Å². The molecule has 0 aliphatic heterocycles. The highest BCUT2D eigenvalue weighted by atomic mass is 16.5. The van der Waals surface area contributed by atoms with Gasteiger partial charge in [-0.15, -0.1) is 0 Å². The number of nitrogens with two attached hydrogens (primary N) is 1. The molecule has 0 aliphatic carbocycles. The number of imidazole rings is 1. The molecule has 0 saturated carbocycles. The first-order chi connectivity index (χ1) is 9.69. The third kappa shape index (κ3) is 2.09. The van der Waals surface area contributed by atoms with E-state index in [1.165, 1.54) is 5.56 Å². The van der Waals surface area contributed by atoms with Crippen molar-refractivity contribution in [1.29, 1.82) is 0 Å². The molecule has 2 aromatic carbocycles. The maximum Gasteiger partial charge on any atom is 0.201 e. The molecule has 1 aromatic heterocycles. The van der Waals surface area contributed by atoms with Crippen molar-refractivity contribution in [3.63, 3.8) is 0 Å². The zero-order chi connectivity index (χ0) is 14.1. The van der Waals surface area contributed by atoms with Gasteiger partial charge in [0.15, 0.2) is 0 Å². The number of aromatic nitrogens is 2. The normalized spacial score (nSPS) is 10.9. The van der Waals surface area contributed by atoms with E-state index < -0.39 is 0 Å². The second-order valence-corrected chi connectivity index (χ2v) is 4.86. The summed E-state index contributed by atoms with van der Waals surface area (Å²) in [6.45, 7) is 2.71. The van der Waals surface area contributed by atoms with Crippen molar-refractivity contribution in [2.24, 2.45) is 0 Å². The van der Waals surface area contributed by atoms with E-state index in [-0.39, 0.29) is 0 Å². The maximum atomic E-state index is 6.05. The minimum absolute atomic E-state index is 0.525. The number of nitrogens with zero attached hydrogens (tertiary/aromatic N) is 2. The molecule has 20 heavy (non-hydrogen) atoms. The van der Waals surface area contributed by atoms with Crippen LogP contribution in [-0.2, 0) is 6.54 Å². The Bertz CT molecular complexity index is 762. The number of anilines is 1. The van der Waals surface area contributed by atoms with Gasteiger partial charge in [0.1, 0.15) is 5.75 Å². The van der Waals surface area contributed by atoms with Crippen molar-refractivity contribution in [1.82, 2.24) is 9.55 Å². The first-order valence-electron chi connectivity index (χ1n) is 6.53. The molecule has 0 unspecified atom stereocenters. The Morgan fingerprint density at radius 1 is 1.20 bits per heavy atom. The highest BCUT2D eigenvalue weighted by Gasteiger charge is 2.10. The summed E-state index contributed by atoms with van der Waals surface area (Å²) in [6.07, 6.45) is 0. The standard InChI is InChI=1S/C16H17N3O/c1-11-7-8-13-14(9-11)19(16(17)18-13)10-12-5-3-4-6-15(12)20-2/h3-9H,10H2,1-2H3,(H2,17,18). The number of ether oxygens (including phenoxy) is 1. The average Bonchev–Trinajstić information content (AvgIpc) is 2.76. The van der Waals surface area contributed by atoms with Gasteiger partial charge in [-0.3, -0.25) is 0 Å². The Morgan fingerprint density at radius 2 is 2.00 bits per heavy atom. The van der Waals surface area contributed by atoms with Crippen molar-refractivity contribution in [3.05, 3.63) is 53.6 Å². The van der Waals surface area contributed by atoms with E-state index in [4.69, 9.17) is 10.5 Å². The van der Waals surface area contributed by atoms with E-state index in [0.717, 1.165) is 22.3 Å². The fourth-order valence-electron chi connectivity index (χ4n) is 2.42. The van der Waals surface area contributed by atoms with Crippen molar-refractivity contribution in [2.75, 3.05) is 12.8 Å². The molecule has 0 radical (unpaired) electrons. The lowest BCUT2D eigenvalue weighted by molar-refractivity contribution is 0.408. The van der Waals surface area contributed by atoms with Gasteiger partial charge in [0.05, 0.1) is 24.7 Å². The van der Waals surface area contributed by atoms with Crippen LogP contribution in [0.4, 0.5) is 5.95 Å². The number of benzene rings is 2. The molecular weight excluding hydrogens is 250 g/mol. The summed E-state index contributed by atoms with van der Waals surface area (Å²) in [5, 5.41) is 0. The second kappa shape index (κ2) is 4.89. The molecule has 3 rings (SSSR count). The van der Waals surface area contributed by atoms with Crippen LogP contribution in [-0.4, -0.2) is 16.7 Å². The molecule has 1 heterocycles. The van der Waals surface area contributed by atoms with E-state index in [2.05, 4.69) is 18.0 Å². The molecule has 0 amide bonds. The van der Waals surface area contributed by atoms with E-state index in [9.17, 15) is 0 Å². The molecule has 3 aromatic rings. The molecule has 0 aliphatic rings. The van der Waals surface area contributed by atoms with Gasteiger partial charge in [0, 0.05) is 5.56 Å². The number of methoxy groups -OCH3 is 1. The average molecular weight is 267 g/mol. The molecule has 0 spiro atoms. The Hall–Kier alpha value is -2.49. The van der Waals surface area contributed by atoms with Crippen LogP contribution in [0.25, 0.3) is 11.0 Å². The molecule has 0 bridgehead atoms. The third-order valence-electron chi connectivity index (χ3n) is 3.45. The van der Waals surface area contributed by atoms with Crippen LogP contribution in [0.1, 0.15) is 11.1 Å². The lowest BCUT2D eigenvalue weighted by Crippen LogP contribution is -2.05. The minimum Gasteiger partial charge on any atom is -0.496 e. The summed E-state index contributed by atoms with van der Waals surface area (Å²) >= 11 is 0. The number of hydrogen-bond acceptors (Lipinski definition) is 3. The number of rotatable bonds is 3. The summed E-state index contributed by atoms with van der Waals surface area (Å²) in [4.78, 5) is 4.41. The molecular formula is C16H17N3O. The summed E-state index contributed by atoms with van der Waals surface area (Å²) < 4.78 is 7.41. The maximum absolute atomic E-state index is 6.05. The predicted octanol–water partition coefficient (Wildman–Crippen LogP) is 2.98. The zero-order valence-electron chi connectivity index (χ0n) is 11.6.